The summed E-state index contributed by atoms with van der Waals surface area (Å²) in [6, 6.07) is -0.508. The first-order chi connectivity index (χ1) is 29.7. The predicted molar refractivity (Wildman–Crippen MR) is 244 cm³/mol. The molecule has 62 heavy (non-hydrogen) atoms. The number of nitrogens with two attached hydrogens (primary N) is 10. The summed E-state index contributed by atoms with van der Waals surface area (Å²) in [6.07, 6.45) is 7.87. The summed E-state index contributed by atoms with van der Waals surface area (Å²) >= 11 is 0. The summed E-state index contributed by atoms with van der Waals surface area (Å²) in [7, 11) is 0. The van der Waals surface area contributed by atoms with Gasteiger partial charge in [-0.05, 0) is 153 Å². The summed E-state index contributed by atoms with van der Waals surface area (Å²) in [5.74, 6) is -4.55. The Hall–Kier alpha value is -3.96. The molecule has 0 saturated carbocycles. The number of nitrogens with one attached hydrogen (secondary N) is 2. The molecule has 0 aromatic heterocycles. The van der Waals surface area contributed by atoms with E-state index in [2.05, 4.69) is 10.9 Å². The van der Waals surface area contributed by atoms with Crippen molar-refractivity contribution in [3.05, 3.63) is 24.3 Å². The number of nitrogens with zero attached hydrogens (tertiary/aromatic N) is 2. The van der Waals surface area contributed by atoms with Crippen LogP contribution in [0, 0.1) is 0 Å². The molecule has 0 aliphatic carbocycles. The molecule has 0 saturated heterocycles. The van der Waals surface area contributed by atoms with E-state index in [1.165, 1.54) is 0 Å². The molecule has 0 fully saturated rings. The molecule has 6 atom stereocenters. The van der Waals surface area contributed by atoms with E-state index in [1.807, 2.05) is 0 Å². The maximum Gasteiger partial charge on any atom is 0.258 e. The topological polar surface area (TPSA) is 393 Å². The fourth-order valence-corrected chi connectivity index (χ4v) is 6.78. The van der Waals surface area contributed by atoms with Gasteiger partial charge in [0.25, 0.3) is 11.8 Å². The van der Waals surface area contributed by atoms with Gasteiger partial charge in [-0.15, -0.1) is 0 Å². The number of hydrogen-bond acceptors (Lipinski definition) is 18. The Morgan fingerprint density at radius 3 is 0.871 bits per heavy atom. The molecule has 20 heteroatoms. The maximum absolute atomic E-state index is 14.1. The number of rotatable bonds is 38. The molecule has 0 heterocycles. The first-order valence-electron chi connectivity index (χ1n) is 22.4. The maximum atomic E-state index is 14.1. The molecule has 0 aliphatic heterocycles. The van der Waals surface area contributed by atoms with E-state index in [9.17, 15) is 28.8 Å². The average molecular weight is 877 g/mol. The lowest BCUT2D eigenvalue weighted by Gasteiger charge is -2.34. The van der Waals surface area contributed by atoms with Crippen LogP contribution in [-0.2, 0) is 28.8 Å². The largest absolute Gasteiger partial charge is 0.330 e. The standard InChI is InChI=1S/C42H80N14O6/c43-23-7-1-13-31(49)37(57)39(59)35(17-5-11-27-47)55(41(61)33(51)15-3-9-25-45)53-29-19-21-30(22-20-29)54-56(42(62)34(52)16-4-10-26-46)36(18-6-12-28-48)40(60)38(58)32(50)14-2-8-24-44/h19-22,31-36,53-54H,1-18,23-28,43-52H2/t31-,32-,33-,34-,35-,36-/m0/s1. The Balaban J connectivity index is 3.71. The highest BCUT2D eigenvalue weighted by molar-refractivity contribution is 6.41. The first-order valence-corrected chi connectivity index (χ1v) is 22.4. The minimum atomic E-state index is -1.27. The van der Waals surface area contributed by atoms with Crippen molar-refractivity contribution in [1.82, 2.24) is 10.0 Å². The van der Waals surface area contributed by atoms with Crippen LogP contribution < -0.4 is 68.2 Å². The second kappa shape index (κ2) is 32.7. The molecule has 1 aromatic carbocycles. The SMILES string of the molecule is NCCCC[C@H](N)C(=O)C(=O)[C@H](CCCCN)N(Nc1ccc(NN(C(=O)[C@@H](N)CCCCN)[C@@H](CCCCN)C(=O)C(=O)[C@@H](N)CCCCN)cc1)C(=O)[C@@H](N)CCCCN. The Bertz CT molecular complexity index is 1360. The number of amides is 2. The van der Waals surface area contributed by atoms with Crippen LogP contribution in [0.4, 0.5) is 11.4 Å². The lowest BCUT2D eigenvalue weighted by Crippen LogP contribution is -2.57. The van der Waals surface area contributed by atoms with Crippen molar-refractivity contribution < 1.29 is 28.8 Å². The molecule has 20 nitrogen and oxygen atoms in total. The molecule has 0 aliphatic rings. The van der Waals surface area contributed by atoms with Crippen molar-refractivity contribution in [3.63, 3.8) is 0 Å². The Kier molecular flexibility index (Phi) is 29.5. The van der Waals surface area contributed by atoms with Gasteiger partial charge in [-0.2, -0.15) is 0 Å². The molecule has 1 aromatic rings. The smallest absolute Gasteiger partial charge is 0.258 e. The van der Waals surface area contributed by atoms with Crippen molar-refractivity contribution in [1.29, 1.82) is 0 Å². The second-order valence-electron chi connectivity index (χ2n) is 15.8. The fourth-order valence-electron chi connectivity index (χ4n) is 6.78. The number of unbranched alkanes of at least 4 members (excludes halogenated alkanes) is 6. The predicted octanol–water partition coefficient (Wildman–Crippen LogP) is -0.906. The third kappa shape index (κ3) is 20.0. The number of Topliss-reactive ketones (excluding diaryl/α,β-unsaturated/α-hetero) is 4. The van der Waals surface area contributed by atoms with E-state index in [1.54, 1.807) is 24.3 Å². The van der Waals surface area contributed by atoms with E-state index >= 15 is 0 Å². The van der Waals surface area contributed by atoms with Gasteiger partial charge in [0.05, 0.1) is 35.5 Å². The van der Waals surface area contributed by atoms with Crippen LogP contribution in [0.5, 0.6) is 0 Å². The highest BCUT2D eigenvalue weighted by atomic mass is 16.2. The van der Waals surface area contributed by atoms with Gasteiger partial charge in [0.2, 0.25) is 23.1 Å². The van der Waals surface area contributed by atoms with Gasteiger partial charge in [-0.25, -0.2) is 10.0 Å². The van der Waals surface area contributed by atoms with Gasteiger partial charge in [0, 0.05) is 0 Å². The molecule has 1 rings (SSSR count). The molecule has 354 valence electrons. The van der Waals surface area contributed by atoms with Gasteiger partial charge >= 0.3 is 0 Å². The minimum Gasteiger partial charge on any atom is -0.330 e. The van der Waals surface area contributed by atoms with Crippen molar-refractivity contribution in [2.24, 2.45) is 57.3 Å². The summed E-state index contributed by atoms with van der Waals surface area (Å²) in [4.78, 5) is 83.1. The minimum absolute atomic E-state index is 0.1000. The monoisotopic (exact) mass is 877 g/mol. The van der Waals surface area contributed by atoms with Crippen molar-refractivity contribution in [2.75, 3.05) is 50.1 Å². The third-order valence-electron chi connectivity index (χ3n) is 10.6. The zero-order valence-corrected chi connectivity index (χ0v) is 36.9. The van der Waals surface area contributed by atoms with Crippen LogP contribution in [0.2, 0.25) is 0 Å². The molecule has 2 amide bonds. The highest BCUT2D eigenvalue weighted by Crippen LogP contribution is 2.23. The van der Waals surface area contributed by atoms with Crippen LogP contribution in [-0.4, -0.2) is 120 Å². The van der Waals surface area contributed by atoms with E-state index < -0.39 is 71.2 Å². The van der Waals surface area contributed by atoms with Gasteiger partial charge in [-0.1, -0.05) is 25.7 Å². The highest BCUT2D eigenvalue weighted by Gasteiger charge is 2.39. The van der Waals surface area contributed by atoms with E-state index in [4.69, 9.17) is 57.3 Å². The number of carbonyl (C=O) groups excluding carboxylic acids is 6. The Labute approximate surface area is 367 Å². The van der Waals surface area contributed by atoms with Crippen LogP contribution >= 0.6 is 0 Å². The summed E-state index contributed by atoms with van der Waals surface area (Å²) in [6.45, 7) is 2.29. The normalized spacial score (nSPS) is 14.2. The van der Waals surface area contributed by atoms with Crippen LogP contribution in [0.15, 0.2) is 24.3 Å². The number of anilines is 2. The molecule has 22 N–H and O–H groups in total. The molecule has 0 unspecified atom stereocenters. The molecule has 0 spiro atoms. The lowest BCUT2D eigenvalue weighted by molar-refractivity contribution is -0.145. The Morgan fingerprint density at radius 1 is 0.371 bits per heavy atom. The number of ketones is 4. The van der Waals surface area contributed by atoms with Gasteiger partial charge in [-0.3, -0.25) is 39.6 Å². The van der Waals surface area contributed by atoms with Crippen LogP contribution in [0.3, 0.4) is 0 Å². The number of hydrogen-bond donors (Lipinski definition) is 12. The number of hydrazine groups is 2. The first kappa shape index (κ1) is 56.1. The van der Waals surface area contributed by atoms with Crippen LogP contribution in [0.25, 0.3) is 0 Å². The van der Waals surface area contributed by atoms with Crippen molar-refractivity contribution in [2.45, 2.75) is 152 Å². The zero-order chi connectivity index (χ0) is 46.5. The molecular formula is C42H80N14O6. The van der Waals surface area contributed by atoms with Crippen LogP contribution in [0.1, 0.15) is 116 Å². The molecular weight excluding hydrogens is 797 g/mol. The van der Waals surface area contributed by atoms with E-state index in [-0.39, 0.29) is 38.5 Å². The van der Waals surface area contributed by atoms with Crippen molar-refractivity contribution in [3.8, 4) is 0 Å². The third-order valence-corrected chi connectivity index (χ3v) is 10.6. The molecule has 0 bridgehead atoms. The van der Waals surface area contributed by atoms with E-state index in [0.717, 1.165) is 10.0 Å². The summed E-state index contributed by atoms with van der Waals surface area (Å²) in [5, 5.41) is 2.20. The Morgan fingerprint density at radius 2 is 0.613 bits per heavy atom. The average Bonchev–Trinajstić information content (AvgIpc) is 3.27. The number of benzene rings is 1. The lowest BCUT2D eigenvalue weighted by atomic mass is 9.95. The second-order valence-corrected chi connectivity index (χ2v) is 15.8. The summed E-state index contributed by atoms with van der Waals surface area (Å²) < 4.78 is 0. The van der Waals surface area contributed by atoms with Gasteiger partial charge < -0.3 is 57.3 Å². The quantitative estimate of drug-likeness (QED) is 0.0217. The summed E-state index contributed by atoms with van der Waals surface area (Å²) in [5.41, 5.74) is 66.0. The van der Waals surface area contributed by atoms with Crippen molar-refractivity contribution >= 4 is 46.3 Å². The van der Waals surface area contributed by atoms with E-state index in [0.29, 0.717) is 128 Å². The zero-order valence-electron chi connectivity index (χ0n) is 36.9. The molecule has 0 radical (unpaired) electrons. The van der Waals surface area contributed by atoms with Gasteiger partial charge in [0.1, 0.15) is 12.1 Å². The fraction of sp³-hybridized carbons (Fsp3) is 0.714. The number of carbonyl (C=O) groups is 6. The van der Waals surface area contributed by atoms with Gasteiger partial charge in [0.15, 0.2) is 0 Å².